The molecule has 0 radical (unpaired) electrons. The van der Waals surface area contributed by atoms with Gasteiger partial charge in [-0.3, -0.25) is 0 Å². The molecule has 1 aliphatic heterocycles. The summed E-state index contributed by atoms with van der Waals surface area (Å²) in [6, 6.07) is 6.81. The first-order valence-electron chi connectivity index (χ1n) is 8.73. The van der Waals surface area contributed by atoms with Gasteiger partial charge in [-0.15, -0.1) is 0 Å². The number of benzene rings is 1. The Balaban J connectivity index is 1.38. The van der Waals surface area contributed by atoms with E-state index < -0.39 is 11.9 Å². The summed E-state index contributed by atoms with van der Waals surface area (Å²) >= 11 is 5.91. The van der Waals surface area contributed by atoms with Crippen LogP contribution in [0.15, 0.2) is 30.5 Å². The first-order valence-corrected chi connectivity index (χ1v) is 9.11. The number of carbonyl (C=O) groups is 1. The Morgan fingerprint density at radius 2 is 1.96 bits per heavy atom. The van der Waals surface area contributed by atoms with Crippen molar-refractivity contribution in [1.82, 2.24) is 20.2 Å². The fraction of sp³-hybridized carbons (Fsp3) is 0.444. The first-order chi connectivity index (χ1) is 12.7. The third-order valence-electron chi connectivity index (χ3n) is 5.12. The average molecular weight is 399 g/mol. The smallest absolute Gasteiger partial charge is 0.334 e. The van der Waals surface area contributed by atoms with Crippen LogP contribution in [0.3, 0.4) is 0 Å². The lowest BCUT2D eigenvalue weighted by Gasteiger charge is -2.26. The van der Waals surface area contributed by atoms with Gasteiger partial charge in [0.15, 0.2) is 5.69 Å². The molecule has 1 aromatic carbocycles. The Labute approximate surface area is 158 Å². The Kier molecular flexibility index (Phi) is 4.33. The Hall–Kier alpha value is -2.22. The van der Waals surface area contributed by atoms with Gasteiger partial charge in [0.1, 0.15) is 5.82 Å². The number of nitrogens with one attached hydrogen (secondary N) is 2. The molecular weight excluding hydrogens is 381 g/mol. The lowest BCUT2D eigenvalue weighted by atomic mass is 10.1. The summed E-state index contributed by atoms with van der Waals surface area (Å²) in [6.07, 6.45) is -0.821. The van der Waals surface area contributed by atoms with Gasteiger partial charge in [-0.05, 0) is 37.0 Å². The molecule has 144 valence electrons. The number of rotatable bonds is 3. The van der Waals surface area contributed by atoms with Crippen LogP contribution in [0.1, 0.15) is 36.3 Å². The van der Waals surface area contributed by atoms with E-state index in [4.69, 9.17) is 11.6 Å². The summed E-state index contributed by atoms with van der Waals surface area (Å²) in [5.74, 6) is 0.403. The number of aryl methyl sites for hydroxylation is 1. The van der Waals surface area contributed by atoms with E-state index in [0.29, 0.717) is 23.7 Å². The molecule has 1 aromatic heterocycles. The standard InChI is InChI=1S/C18H18ClF3N4O/c19-12-3-1-11(2-4-12)17(7-8-17)25-16(27)23-13-5-6-15-24-14(18(20,21)22)10-26(15)9-13/h1-4,10,13H,5-9H2,(H2,23,25,27). The third-order valence-corrected chi connectivity index (χ3v) is 5.37. The molecule has 1 fully saturated rings. The van der Waals surface area contributed by atoms with Gasteiger partial charge >= 0.3 is 12.2 Å². The lowest BCUT2D eigenvalue weighted by molar-refractivity contribution is -0.141. The van der Waals surface area contributed by atoms with Gasteiger partial charge in [0.05, 0.1) is 5.54 Å². The van der Waals surface area contributed by atoms with Crippen LogP contribution in [0.4, 0.5) is 18.0 Å². The maximum Gasteiger partial charge on any atom is 0.434 e. The van der Waals surface area contributed by atoms with Crippen molar-refractivity contribution in [1.29, 1.82) is 0 Å². The van der Waals surface area contributed by atoms with Crippen molar-refractivity contribution in [3.8, 4) is 0 Å². The highest BCUT2D eigenvalue weighted by molar-refractivity contribution is 6.30. The van der Waals surface area contributed by atoms with E-state index in [0.717, 1.165) is 24.6 Å². The molecule has 4 rings (SSSR count). The number of carbonyl (C=O) groups excluding carboxylic acids is 1. The number of urea groups is 1. The monoisotopic (exact) mass is 398 g/mol. The Morgan fingerprint density at radius 1 is 1.26 bits per heavy atom. The minimum absolute atomic E-state index is 0.242. The van der Waals surface area contributed by atoms with Crippen LogP contribution in [0.25, 0.3) is 0 Å². The number of imidazole rings is 1. The van der Waals surface area contributed by atoms with E-state index in [9.17, 15) is 18.0 Å². The van der Waals surface area contributed by atoms with Gasteiger partial charge in [0, 0.05) is 30.2 Å². The van der Waals surface area contributed by atoms with Crippen molar-refractivity contribution in [3.05, 3.63) is 52.6 Å². The van der Waals surface area contributed by atoms with Crippen molar-refractivity contribution in [3.63, 3.8) is 0 Å². The summed E-state index contributed by atoms with van der Waals surface area (Å²) in [7, 11) is 0. The van der Waals surface area contributed by atoms with Crippen LogP contribution in [-0.4, -0.2) is 21.6 Å². The van der Waals surface area contributed by atoms with Crippen molar-refractivity contribution < 1.29 is 18.0 Å². The van der Waals surface area contributed by atoms with Crippen LogP contribution >= 0.6 is 11.6 Å². The van der Waals surface area contributed by atoms with E-state index in [1.165, 1.54) is 4.57 Å². The molecule has 1 aliphatic carbocycles. The van der Waals surface area contributed by atoms with E-state index in [2.05, 4.69) is 15.6 Å². The normalized spacial score (nSPS) is 20.7. The number of amides is 2. The minimum Gasteiger partial charge on any atom is -0.334 e. The van der Waals surface area contributed by atoms with Crippen molar-refractivity contribution >= 4 is 17.6 Å². The number of nitrogens with zero attached hydrogens (tertiary/aromatic N) is 2. The van der Waals surface area contributed by atoms with Gasteiger partial charge in [0.25, 0.3) is 0 Å². The van der Waals surface area contributed by atoms with Gasteiger partial charge in [-0.1, -0.05) is 23.7 Å². The maximum atomic E-state index is 12.8. The zero-order valence-corrected chi connectivity index (χ0v) is 15.1. The molecule has 27 heavy (non-hydrogen) atoms. The third kappa shape index (κ3) is 3.76. The first kappa shape index (κ1) is 18.2. The zero-order chi connectivity index (χ0) is 19.2. The van der Waals surface area contributed by atoms with Crippen molar-refractivity contribution in [2.45, 2.75) is 50.0 Å². The number of fused-ring (bicyclic) bond motifs is 1. The summed E-state index contributed by atoms with van der Waals surface area (Å²) in [5, 5.41) is 6.52. The van der Waals surface area contributed by atoms with E-state index in [-0.39, 0.29) is 24.2 Å². The molecule has 0 bridgehead atoms. The molecule has 2 amide bonds. The molecule has 1 unspecified atom stereocenters. The highest BCUT2D eigenvalue weighted by atomic mass is 35.5. The van der Waals surface area contributed by atoms with E-state index in [1.807, 2.05) is 12.1 Å². The second kappa shape index (κ2) is 6.44. The fourth-order valence-electron chi connectivity index (χ4n) is 3.52. The molecule has 2 aliphatic rings. The molecule has 0 saturated heterocycles. The maximum absolute atomic E-state index is 12.8. The highest BCUT2D eigenvalue weighted by Gasteiger charge is 2.46. The van der Waals surface area contributed by atoms with Gasteiger partial charge in [-0.25, -0.2) is 9.78 Å². The van der Waals surface area contributed by atoms with Crippen LogP contribution in [0, 0.1) is 0 Å². The number of hydrogen-bond acceptors (Lipinski definition) is 2. The van der Waals surface area contributed by atoms with Crippen LogP contribution < -0.4 is 10.6 Å². The molecule has 0 spiro atoms. The predicted molar refractivity (Wildman–Crippen MR) is 93.4 cm³/mol. The lowest BCUT2D eigenvalue weighted by Crippen LogP contribution is -2.48. The predicted octanol–water partition coefficient (Wildman–Crippen LogP) is 3.86. The SMILES string of the molecule is O=C(NC1CCc2nc(C(F)(F)F)cn2C1)NC1(c2ccc(Cl)cc2)CC1. The number of aromatic nitrogens is 2. The Morgan fingerprint density at radius 3 is 2.59 bits per heavy atom. The molecule has 2 aromatic rings. The largest absolute Gasteiger partial charge is 0.434 e. The van der Waals surface area contributed by atoms with E-state index in [1.54, 1.807) is 12.1 Å². The van der Waals surface area contributed by atoms with Crippen molar-refractivity contribution in [2.75, 3.05) is 0 Å². The second-order valence-electron chi connectivity index (χ2n) is 7.12. The molecular formula is C18H18ClF3N4O. The fourth-order valence-corrected chi connectivity index (χ4v) is 3.64. The molecule has 1 atom stereocenters. The average Bonchev–Trinajstić information content (AvgIpc) is 3.23. The van der Waals surface area contributed by atoms with Crippen molar-refractivity contribution in [2.24, 2.45) is 0 Å². The molecule has 1 saturated carbocycles. The number of hydrogen-bond donors (Lipinski definition) is 2. The molecule has 2 N–H and O–H groups in total. The van der Waals surface area contributed by atoms with Gasteiger partial charge in [-0.2, -0.15) is 13.2 Å². The minimum atomic E-state index is -4.46. The second-order valence-corrected chi connectivity index (χ2v) is 7.55. The van der Waals surface area contributed by atoms with Crippen LogP contribution in [0.5, 0.6) is 0 Å². The van der Waals surface area contributed by atoms with E-state index >= 15 is 0 Å². The number of halogens is 4. The van der Waals surface area contributed by atoms with Gasteiger partial charge < -0.3 is 15.2 Å². The summed E-state index contributed by atoms with van der Waals surface area (Å²) in [4.78, 5) is 16.1. The topological polar surface area (TPSA) is 59.0 Å². The molecule has 2 heterocycles. The van der Waals surface area contributed by atoms with Gasteiger partial charge in [0.2, 0.25) is 0 Å². The zero-order valence-electron chi connectivity index (χ0n) is 14.3. The highest BCUT2D eigenvalue weighted by Crippen LogP contribution is 2.45. The Bertz CT molecular complexity index is 858. The molecule has 5 nitrogen and oxygen atoms in total. The van der Waals surface area contributed by atoms with Crippen LogP contribution in [0.2, 0.25) is 5.02 Å². The quantitative estimate of drug-likeness (QED) is 0.824. The summed E-state index contributed by atoms with van der Waals surface area (Å²) in [5.41, 5.74) is -0.271. The summed E-state index contributed by atoms with van der Waals surface area (Å²) in [6.45, 7) is 0.278. The molecule has 9 heteroatoms. The van der Waals surface area contributed by atoms with Crippen LogP contribution in [-0.2, 0) is 24.7 Å². The summed E-state index contributed by atoms with van der Waals surface area (Å²) < 4.78 is 39.9. The number of alkyl halides is 3.